The van der Waals surface area contributed by atoms with Crippen molar-refractivity contribution in [3.05, 3.63) is 64.7 Å². The predicted octanol–water partition coefficient (Wildman–Crippen LogP) is 3.13. The van der Waals surface area contributed by atoms with Crippen LogP contribution in [-0.2, 0) is 11.2 Å². The minimum Gasteiger partial charge on any atom is -0.545 e. The lowest BCUT2D eigenvalue weighted by atomic mass is 9.98. The van der Waals surface area contributed by atoms with Gasteiger partial charge in [-0.1, -0.05) is 63.2 Å². The first kappa shape index (κ1) is 20.4. The van der Waals surface area contributed by atoms with Gasteiger partial charge in [0.25, 0.3) is 0 Å². The number of anilines is 1. The first-order valence-corrected chi connectivity index (χ1v) is 8.36. The molecule has 2 aromatic carbocycles. The van der Waals surface area contributed by atoms with Gasteiger partial charge in [-0.05, 0) is 36.0 Å². The van der Waals surface area contributed by atoms with E-state index in [0.717, 1.165) is 18.3 Å². The zero-order chi connectivity index (χ0) is 19.0. The van der Waals surface area contributed by atoms with Gasteiger partial charge in [-0.15, -0.1) is 0 Å². The minimum atomic E-state index is -1.23. The van der Waals surface area contributed by atoms with E-state index >= 15 is 0 Å². The van der Waals surface area contributed by atoms with E-state index in [1.165, 1.54) is 17.2 Å². The average Bonchev–Trinajstić information content (AvgIpc) is 2.58. The van der Waals surface area contributed by atoms with E-state index in [-0.39, 0.29) is 17.2 Å². The van der Waals surface area contributed by atoms with Gasteiger partial charge < -0.3 is 20.4 Å². The van der Waals surface area contributed by atoms with Gasteiger partial charge in [0.1, 0.15) is 6.29 Å². The molecule has 0 saturated heterocycles. The Morgan fingerprint density at radius 3 is 2.16 bits per heavy atom. The minimum absolute atomic E-state index is 0.0602. The number of para-hydroxylation sites is 1. The normalized spacial score (nSPS) is 11.4. The number of hydrogen-bond acceptors (Lipinski definition) is 4. The van der Waals surface area contributed by atoms with Crippen molar-refractivity contribution in [1.29, 1.82) is 0 Å². The van der Waals surface area contributed by atoms with Gasteiger partial charge >= 0.3 is 0 Å². The summed E-state index contributed by atoms with van der Waals surface area (Å²) in [6.45, 7) is 8.07. The predicted molar refractivity (Wildman–Crippen MR) is 99.4 cm³/mol. The monoisotopic (exact) mass is 340 g/mol. The molecular weight excluding hydrogens is 314 g/mol. The topological polar surface area (TPSA) is 83.2 Å². The average molecular weight is 340 g/mol. The summed E-state index contributed by atoms with van der Waals surface area (Å²) in [6, 6.07) is 13.4. The van der Waals surface area contributed by atoms with Crippen molar-refractivity contribution < 1.29 is 14.7 Å². The maximum atomic E-state index is 10.5. The number of benzene rings is 2. The van der Waals surface area contributed by atoms with E-state index in [4.69, 9.17) is 5.73 Å². The van der Waals surface area contributed by atoms with Crippen LogP contribution in [0.5, 0.6) is 0 Å². The van der Waals surface area contributed by atoms with Crippen LogP contribution in [0, 0.1) is 12.8 Å². The molecular formula is C21H26NO3-. The molecule has 1 unspecified atom stereocenters. The molecule has 1 atom stereocenters. The number of nitrogens with two attached hydrogens (primary N) is 1. The molecule has 134 valence electrons. The maximum absolute atomic E-state index is 10.5. The summed E-state index contributed by atoms with van der Waals surface area (Å²) in [7, 11) is 0. The van der Waals surface area contributed by atoms with Crippen molar-refractivity contribution in [1.82, 2.24) is 0 Å². The highest BCUT2D eigenvalue weighted by molar-refractivity contribution is 5.92. The summed E-state index contributed by atoms with van der Waals surface area (Å²) in [5.74, 6) is -0.529. The number of carboxylic acids is 1. The summed E-state index contributed by atoms with van der Waals surface area (Å²) < 4.78 is 0. The Hall–Kier alpha value is -2.62. The fraction of sp³-hybridized carbons (Fsp3) is 0.333. The molecule has 2 aromatic rings. The third kappa shape index (κ3) is 6.42. The van der Waals surface area contributed by atoms with E-state index < -0.39 is 5.97 Å². The molecule has 0 spiro atoms. The largest absolute Gasteiger partial charge is 0.545 e. The summed E-state index contributed by atoms with van der Waals surface area (Å²) in [5, 5.41) is 10.4. The second kappa shape index (κ2) is 9.62. The van der Waals surface area contributed by atoms with E-state index in [2.05, 4.69) is 38.1 Å². The molecule has 0 saturated carbocycles. The summed E-state index contributed by atoms with van der Waals surface area (Å²) >= 11 is 0. The number of aromatic carboxylic acids is 1. The molecule has 0 fully saturated rings. The smallest absolute Gasteiger partial charge is 0.123 e. The Bertz CT molecular complexity index is 706. The molecule has 0 radical (unpaired) electrons. The third-order valence-corrected chi connectivity index (χ3v) is 3.98. The molecule has 0 amide bonds. The van der Waals surface area contributed by atoms with E-state index in [9.17, 15) is 14.7 Å². The van der Waals surface area contributed by atoms with Crippen LogP contribution in [0.25, 0.3) is 0 Å². The second-order valence-electron chi connectivity index (χ2n) is 6.54. The van der Waals surface area contributed by atoms with Crippen LogP contribution in [0.1, 0.15) is 53.7 Å². The first-order valence-electron chi connectivity index (χ1n) is 8.36. The fourth-order valence-electron chi connectivity index (χ4n) is 2.32. The molecule has 0 aliphatic rings. The number of nitrogen functional groups attached to an aromatic ring is 1. The van der Waals surface area contributed by atoms with Gasteiger partial charge in [0.15, 0.2) is 0 Å². The van der Waals surface area contributed by atoms with E-state index in [1.807, 2.05) is 6.92 Å². The highest BCUT2D eigenvalue weighted by Gasteiger charge is 2.03. The molecule has 0 heterocycles. The standard InChI is InChI=1S/C13H18O.C8H9NO2/c1-10(2)13-6-4-12(5-7-13)8-11(3)9-14;1-5-3-2-4-6(7(5)9)8(10)11/h4-7,9-11H,8H2,1-3H3;2-4H,9H2,1H3,(H,10,11)/p-1. The van der Waals surface area contributed by atoms with Crippen molar-refractivity contribution in [3.8, 4) is 0 Å². The fourth-order valence-corrected chi connectivity index (χ4v) is 2.32. The quantitative estimate of drug-likeness (QED) is 0.669. The van der Waals surface area contributed by atoms with Crippen LogP contribution in [-0.4, -0.2) is 12.3 Å². The van der Waals surface area contributed by atoms with Crippen molar-refractivity contribution in [2.24, 2.45) is 5.92 Å². The number of carboxylic acid groups (broad SMARTS) is 1. The van der Waals surface area contributed by atoms with Crippen LogP contribution >= 0.6 is 0 Å². The molecule has 0 bridgehead atoms. The number of hydrogen-bond donors (Lipinski definition) is 1. The third-order valence-electron chi connectivity index (χ3n) is 3.98. The Labute approximate surface area is 149 Å². The Morgan fingerprint density at radius 1 is 1.12 bits per heavy atom. The first-order chi connectivity index (χ1) is 11.8. The number of carbonyl (C=O) groups excluding carboxylic acids is 2. The lowest BCUT2D eigenvalue weighted by Gasteiger charge is -2.07. The summed E-state index contributed by atoms with van der Waals surface area (Å²) in [5.41, 5.74) is 9.16. The van der Waals surface area contributed by atoms with Gasteiger partial charge in [-0.25, -0.2) is 0 Å². The molecule has 2 rings (SSSR count). The summed E-state index contributed by atoms with van der Waals surface area (Å²) in [6.07, 6.45) is 1.86. The number of aldehydes is 1. The van der Waals surface area contributed by atoms with E-state index in [1.54, 1.807) is 19.1 Å². The lowest BCUT2D eigenvalue weighted by Crippen LogP contribution is -2.23. The van der Waals surface area contributed by atoms with Crippen LogP contribution in [0.3, 0.4) is 0 Å². The summed E-state index contributed by atoms with van der Waals surface area (Å²) in [4.78, 5) is 20.9. The van der Waals surface area contributed by atoms with Crippen molar-refractivity contribution in [2.75, 3.05) is 5.73 Å². The molecule has 4 heteroatoms. The number of carbonyl (C=O) groups is 2. The molecule has 0 aliphatic heterocycles. The number of rotatable bonds is 5. The van der Waals surface area contributed by atoms with Crippen molar-refractivity contribution in [2.45, 2.75) is 40.0 Å². The van der Waals surface area contributed by atoms with Crippen LogP contribution in [0.15, 0.2) is 42.5 Å². The van der Waals surface area contributed by atoms with Gasteiger partial charge in [0.2, 0.25) is 0 Å². The highest BCUT2D eigenvalue weighted by Crippen LogP contribution is 2.16. The molecule has 4 nitrogen and oxygen atoms in total. The van der Waals surface area contributed by atoms with Gasteiger partial charge in [0, 0.05) is 17.2 Å². The van der Waals surface area contributed by atoms with Crippen LogP contribution in [0.4, 0.5) is 5.69 Å². The second-order valence-corrected chi connectivity index (χ2v) is 6.54. The molecule has 25 heavy (non-hydrogen) atoms. The van der Waals surface area contributed by atoms with Crippen molar-refractivity contribution >= 4 is 17.9 Å². The zero-order valence-corrected chi connectivity index (χ0v) is 15.3. The SMILES string of the molecule is CC(C=O)Cc1ccc(C(C)C)cc1.Cc1cccc(C(=O)[O-])c1N. The van der Waals surface area contributed by atoms with Crippen LogP contribution in [0.2, 0.25) is 0 Å². The Morgan fingerprint density at radius 2 is 1.72 bits per heavy atom. The molecule has 0 aliphatic carbocycles. The van der Waals surface area contributed by atoms with Crippen molar-refractivity contribution in [3.63, 3.8) is 0 Å². The van der Waals surface area contributed by atoms with E-state index in [0.29, 0.717) is 5.92 Å². The molecule has 0 aromatic heterocycles. The van der Waals surface area contributed by atoms with Gasteiger partial charge in [0.05, 0.1) is 5.97 Å². The maximum Gasteiger partial charge on any atom is 0.123 e. The highest BCUT2D eigenvalue weighted by atomic mass is 16.4. The number of aryl methyl sites for hydroxylation is 1. The Kier molecular flexibility index (Phi) is 7.86. The zero-order valence-electron chi connectivity index (χ0n) is 15.3. The Balaban J connectivity index is 0.000000257. The molecule has 2 N–H and O–H groups in total. The van der Waals surface area contributed by atoms with Gasteiger partial charge in [-0.2, -0.15) is 0 Å². The lowest BCUT2D eigenvalue weighted by molar-refractivity contribution is -0.254. The van der Waals surface area contributed by atoms with Crippen LogP contribution < -0.4 is 10.8 Å². The van der Waals surface area contributed by atoms with Gasteiger partial charge in [-0.3, -0.25) is 0 Å².